The van der Waals surface area contributed by atoms with Crippen molar-refractivity contribution in [3.8, 4) is 0 Å². The first kappa shape index (κ1) is 13.6. The van der Waals surface area contributed by atoms with Gasteiger partial charge in [0.15, 0.2) is 0 Å². The van der Waals surface area contributed by atoms with E-state index in [2.05, 4.69) is 36.6 Å². The minimum absolute atomic E-state index is 0.185. The molecule has 0 radical (unpaired) electrons. The van der Waals surface area contributed by atoms with E-state index in [1.54, 1.807) is 0 Å². The van der Waals surface area contributed by atoms with Crippen LogP contribution in [-0.4, -0.2) is 17.9 Å². The molecular formula is C15H20N2O2. The van der Waals surface area contributed by atoms with E-state index in [0.717, 1.165) is 12.1 Å². The minimum Gasteiger partial charge on any atom is -0.374 e. The lowest BCUT2D eigenvalue weighted by Crippen LogP contribution is -2.47. The Morgan fingerprint density at radius 3 is 2.58 bits per heavy atom. The molecule has 0 spiro atoms. The molecule has 1 aromatic rings. The molecule has 0 aliphatic carbocycles. The van der Waals surface area contributed by atoms with Crippen molar-refractivity contribution in [1.29, 1.82) is 0 Å². The molecule has 102 valence electrons. The van der Waals surface area contributed by atoms with E-state index in [-0.39, 0.29) is 17.9 Å². The van der Waals surface area contributed by atoms with E-state index >= 15 is 0 Å². The third-order valence-electron chi connectivity index (χ3n) is 3.67. The number of carbonyl (C=O) groups excluding carboxylic acids is 2. The molecule has 4 nitrogen and oxygen atoms in total. The molecular weight excluding hydrogens is 240 g/mol. The fourth-order valence-electron chi connectivity index (χ4n) is 2.18. The van der Waals surface area contributed by atoms with Crippen LogP contribution in [0.3, 0.4) is 0 Å². The van der Waals surface area contributed by atoms with Crippen LogP contribution in [0.25, 0.3) is 0 Å². The normalized spacial score (nSPS) is 20.8. The summed E-state index contributed by atoms with van der Waals surface area (Å²) in [6.45, 7) is 4.36. The van der Waals surface area contributed by atoms with Crippen LogP contribution in [0.1, 0.15) is 44.6 Å². The van der Waals surface area contributed by atoms with Crippen molar-refractivity contribution in [1.82, 2.24) is 5.32 Å². The van der Waals surface area contributed by atoms with E-state index in [1.165, 1.54) is 5.56 Å². The van der Waals surface area contributed by atoms with Gasteiger partial charge in [-0.25, -0.2) is 0 Å². The fraction of sp³-hybridized carbons (Fsp3) is 0.467. The Morgan fingerprint density at radius 2 is 2.00 bits per heavy atom. The summed E-state index contributed by atoms with van der Waals surface area (Å²) in [5, 5.41) is 5.52. The summed E-state index contributed by atoms with van der Waals surface area (Å²) in [5.41, 5.74) is 2.22. The van der Waals surface area contributed by atoms with Crippen LogP contribution in [0, 0.1) is 0 Å². The van der Waals surface area contributed by atoms with Crippen LogP contribution in [-0.2, 0) is 9.59 Å². The number of rotatable bonds is 4. The Hall–Kier alpha value is -1.84. The van der Waals surface area contributed by atoms with Crippen molar-refractivity contribution in [2.24, 2.45) is 0 Å². The Labute approximate surface area is 113 Å². The molecule has 1 aliphatic heterocycles. The van der Waals surface area contributed by atoms with E-state index < -0.39 is 0 Å². The molecule has 4 heteroatoms. The average molecular weight is 260 g/mol. The maximum atomic E-state index is 11.6. The zero-order valence-corrected chi connectivity index (χ0v) is 11.4. The molecule has 0 bridgehead atoms. The Bertz CT molecular complexity index is 468. The summed E-state index contributed by atoms with van der Waals surface area (Å²) in [6, 6.07) is 7.84. The van der Waals surface area contributed by atoms with Crippen molar-refractivity contribution < 1.29 is 9.59 Å². The summed E-state index contributed by atoms with van der Waals surface area (Å²) < 4.78 is 0. The smallest absolute Gasteiger partial charge is 0.249 e. The monoisotopic (exact) mass is 260 g/mol. The molecule has 19 heavy (non-hydrogen) atoms. The second-order valence-electron chi connectivity index (χ2n) is 5.08. The predicted octanol–water partition coefficient (Wildman–Crippen LogP) is 2.42. The van der Waals surface area contributed by atoms with Gasteiger partial charge in [-0.15, -0.1) is 0 Å². The van der Waals surface area contributed by atoms with Gasteiger partial charge in [0.05, 0.1) is 0 Å². The Morgan fingerprint density at radius 1 is 1.32 bits per heavy atom. The first-order valence-electron chi connectivity index (χ1n) is 6.80. The number of carbonyl (C=O) groups is 2. The zero-order chi connectivity index (χ0) is 13.8. The maximum Gasteiger partial charge on any atom is 0.249 e. The number of hydrogen-bond acceptors (Lipinski definition) is 3. The van der Waals surface area contributed by atoms with Crippen LogP contribution in [0.2, 0.25) is 0 Å². The second kappa shape index (κ2) is 5.87. The van der Waals surface area contributed by atoms with Gasteiger partial charge in [0, 0.05) is 12.1 Å². The lowest BCUT2D eigenvalue weighted by atomic mass is 9.98. The minimum atomic E-state index is -0.313. The molecule has 1 aromatic carbocycles. The van der Waals surface area contributed by atoms with Gasteiger partial charge in [0.1, 0.15) is 6.04 Å². The largest absolute Gasteiger partial charge is 0.374 e. The van der Waals surface area contributed by atoms with E-state index in [0.29, 0.717) is 18.8 Å². The number of nitrogens with one attached hydrogen (secondary N) is 2. The number of imide groups is 1. The lowest BCUT2D eigenvalue weighted by molar-refractivity contribution is -0.133. The van der Waals surface area contributed by atoms with Gasteiger partial charge >= 0.3 is 0 Å². The number of hydrogen-bond donors (Lipinski definition) is 2. The Balaban J connectivity index is 1.99. The molecule has 1 saturated heterocycles. The van der Waals surface area contributed by atoms with Gasteiger partial charge in [-0.05, 0) is 36.5 Å². The second-order valence-corrected chi connectivity index (χ2v) is 5.08. The highest BCUT2D eigenvalue weighted by atomic mass is 16.2. The number of anilines is 1. The van der Waals surface area contributed by atoms with E-state index in [9.17, 15) is 9.59 Å². The molecule has 1 heterocycles. The lowest BCUT2D eigenvalue weighted by Gasteiger charge is -2.23. The first-order valence-corrected chi connectivity index (χ1v) is 6.80. The van der Waals surface area contributed by atoms with Crippen LogP contribution in [0.5, 0.6) is 0 Å². The van der Waals surface area contributed by atoms with Crippen molar-refractivity contribution >= 4 is 17.5 Å². The number of benzene rings is 1. The summed E-state index contributed by atoms with van der Waals surface area (Å²) in [6.07, 6.45) is 2.06. The van der Waals surface area contributed by atoms with Crippen LogP contribution in [0.15, 0.2) is 24.3 Å². The highest BCUT2D eigenvalue weighted by Gasteiger charge is 2.26. The number of amides is 2. The van der Waals surface area contributed by atoms with Gasteiger partial charge < -0.3 is 5.32 Å². The van der Waals surface area contributed by atoms with Gasteiger partial charge in [-0.1, -0.05) is 26.0 Å². The van der Waals surface area contributed by atoms with E-state index in [1.807, 2.05) is 12.1 Å². The molecule has 2 rings (SSSR count). The quantitative estimate of drug-likeness (QED) is 0.817. The third kappa shape index (κ3) is 3.34. The van der Waals surface area contributed by atoms with Crippen LogP contribution < -0.4 is 10.6 Å². The zero-order valence-electron chi connectivity index (χ0n) is 11.4. The van der Waals surface area contributed by atoms with Crippen LogP contribution in [0.4, 0.5) is 5.69 Å². The molecule has 1 fully saturated rings. The summed E-state index contributed by atoms with van der Waals surface area (Å²) in [7, 11) is 0. The van der Waals surface area contributed by atoms with Crippen molar-refractivity contribution in [2.75, 3.05) is 5.32 Å². The van der Waals surface area contributed by atoms with Crippen molar-refractivity contribution in [3.63, 3.8) is 0 Å². The predicted molar refractivity (Wildman–Crippen MR) is 74.9 cm³/mol. The highest BCUT2D eigenvalue weighted by Crippen LogP contribution is 2.21. The molecule has 2 atom stereocenters. The molecule has 0 aromatic heterocycles. The summed E-state index contributed by atoms with van der Waals surface area (Å²) in [5.74, 6) is 0.127. The van der Waals surface area contributed by atoms with Crippen LogP contribution >= 0.6 is 0 Å². The van der Waals surface area contributed by atoms with Gasteiger partial charge in [-0.2, -0.15) is 0 Å². The van der Waals surface area contributed by atoms with Crippen molar-refractivity contribution in [3.05, 3.63) is 29.8 Å². The SMILES string of the molecule is CCC(C)c1ccc(N[C@@H]2CCC(=O)NC2=O)cc1. The maximum absolute atomic E-state index is 11.6. The topological polar surface area (TPSA) is 58.2 Å². The molecule has 2 N–H and O–H groups in total. The van der Waals surface area contributed by atoms with Gasteiger partial charge in [0.2, 0.25) is 11.8 Å². The number of piperidine rings is 1. The molecule has 0 saturated carbocycles. The summed E-state index contributed by atoms with van der Waals surface area (Å²) in [4.78, 5) is 22.7. The molecule has 1 unspecified atom stereocenters. The first-order chi connectivity index (χ1) is 9.10. The highest BCUT2D eigenvalue weighted by molar-refractivity contribution is 6.01. The standard InChI is InChI=1S/C15H20N2O2/c1-3-10(2)11-4-6-12(7-5-11)16-13-8-9-14(18)17-15(13)19/h4-7,10,13,16H,3,8-9H2,1-2H3,(H,17,18,19)/t10?,13-/m1/s1. The van der Waals surface area contributed by atoms with Gasteiger partial charge in [-0.3, -0.25) is 14.9 Å². The fourth-order valence-corrected chi connectivity index (χ4v) is 2.18. The van der Waals surface area contributed by atoms with Crippen molar-refractivity contribution in [2.45, 2.75) is 45.1 Å². The van der Waals surface area contributed by atoms with Gasteiger partial charge in [0.25, 0.3) is 0 Å². The third-order valence-corrected chi connectivity index (χ3v) is 3.67. The van der Waals surface area contributed by atoms with E-state index in [4.69, 9.17) is 0 Å². The average Bonchev–Trinajstić information content (AvgIpc) is 2.42. The molecule has 1 aliphatic rings. The summed E-state index contributed by atoms with van der Waals surface area (Å²) >= 11 is 0. The molecule has 2 amide bonds. The Kier molecular flexibility index (Phi) is 4.20.